The summed E-state index contributed by atoms with van der Waals surface area (Å²) in [5.41, 5.74) is 0.739. The van der Waals surface area contributed by atoms with E-state index < -0.39 is 6.09 Å². The number of nitrogens with zero attached hydrogens (tertiary/aromatic N) is 1. The number of carbonyl (C=O) groups excluding carboxylic acids is 2. The summed E-state index contributed by atoms with van der Waals surface area (Å²) in [6.07, 6.45) is -0.347. The number of carbonyl (C=O) groups is 2. The second-order valence-electron chi connectivity index (χ2n) is 4.44. The Morgan fingerprint density at radius 2 is 2.10 bits per heavy atom. The lowest BCUT2D eigenvalue weighted by Gasteiger charge is -2.21. The molecule has 0 atom stereocenters. The fourth-order valence-electron chi connectivity index (χ4n) is 1.84. The molecule has 0 aliphatic rings. The van der Waals surface area contributed by atoms with E-state index in [0.29, 0.717) is 19.7 Å². The van der Waals surface area contributed by atoms with Gasteiger partial charge < -0.3 is 15.0 Å². The maximum atomic E-state index is 13.1. The Balaban J connectivity index is 2.44. The Labute approximate surface area is 124 Å². The molecule has 0 aliphatic carbocycles. The summed E-state index contributed by atoms with van der Waals surface area (Å²) in [6.45, 7) is 4.96. The first-order valence-electron chi connectivity index (χ1n) is 6.99. The molecule has 6 heteroatoms. The maximum Gasteiger partial charge on any atom is 0.407 e. The summed E-state index contributed by atoms with van der Waals surface area (Å²) in [5, 5.41) is 2.50. The van der Waals surface area contributed by atoms with Crippen molar-refractivity contribution >= 4 is 12.0 Å². The standard InChI is InChI=1S/C15H21FN2O3/c1-3-18(11-12-6-5-7-13(16)10-12)14(19)8-9-17-15(20)21-4-2/h5-7,10H,3-4,8-9,11H2,1-2H3,(H,17,20). The minimum atomic E-state index is -0.529. The molecule has 0 saturated carbocycles. The Bertz CT molecular complexity index is 480. The van der Waals surface area contributed by atoms with E-state index in [4.69, 9.17) is 4.74 Å². The highest BCUT2D eigenvalue weighted by molar-refractivity contribution is 5.77. The molecule has 0 fully saturated rings. The average molecular weight is 296 g/mol. The molecule has 21 heavy (non-hydrogen) atoms. The SMILES string of the molecule is CCOC(=O)NCCC(=O)N(CC)Cc1cccc(F)c1. The van der Waals surface area contributed by atoms with Gasteiger partial charge in [0, 0.05) is 26.1 Å². The topological polar surface area (TPSA) is 58.6 Å². The van der Waals surface area contributed by atoms with Gasteiger partial charge in [-0.3, -0.25) is 4.79 Å². The Morgan fingerprint density at radius 1 is 1.33 bits per heavy atom. The second kappa shape index (κ2) is 8.94. The average Bonchev–Trinajstić information content (AvgIpc) is 2.45. The van der Waals surface area contributed by atoms with Gasteiger partial charge in [-0.2, -0.15) is 0 Å². The molecule has 0 aromatic heterocycles. The molecule has 1 aromatic carbocycles. The van der Waals surface area contributed by atoms with E-state index in [1.54, 1.807) is 24.0 Å². The van der Waals surface area contributed by atoms with E-state index in [0.717, 1.165) is 5.56 Å². The summed E-state index contributed by atoms with van der Waals surface area (Å²) in [4.78, 5) is 24.7. The number of hydrogen-bond acceptors (Lipinski definition) is 3. The first-order valence-corrected chi connectivity index (χ1v) is 6.99. The predicted molar refractivity (Wildman–Crippen MR) is 77.1 cm³/mol. The fraction of sp³-hybridized carbons (Fsp3) is 0.467. The first-order chi connectivity index (χ1) is 10.1. The number of hydrogen-bond donors (Lipinski definition) is 1. The molecule has 0 spiro atoms. The number of ether oxygens (including phenoxy) is 1. The van der Waals surface area contributed by atoms with Crippen molar-refractivity contribution in [3.05, 3.63) is 35.6 Å². The number of halogens is 1. The molecule has 5 nitrogen and oxygen atoms in total. The number of alkyl carbamates (subject to hydrolysis) is 1. The van der Waals surface area contributed by atoms with E-state index in [9.17, 15) is 14.0 Å². The number of nitrogens with one attached hydrogen (secondary N) is 1. The summed E-state index contributed by atoms with van der Waals surface area (Å²) >= 11 is 0. The molecule has 0 saturated heterocycles. The summed E-state index contributed by atoms with van der Waals surface area (Å²) < 4.78 is 17.8. The van der Waals surface area contributed by atoms with Crippen LogP contribution in [0.4, 0.5) is 9.18 Å². The molecule has 1 rings (SSSR count). The van der Waals surface area contributed by atoms with Gasteiger partial charge in [-0.25, -0.2) is 9.18 Å². The van der Waals surface area contributed by atoms with Crippen molar-refractivity contribution in [1.82, 2.24) is 10.2 Å². The van der Waals surface area contributed by atoms with Crippen LogP contribution >= 0.6 is 0 Å². The lowest BCUT2D eigenvalue weighted by atomic mass is 10.2. The molecule has 0 unspecified atom stereocenters. The smallest absolute Gasteiger partial charge is 0.407 e. The lowest BCUT2D eigenvalue weighted by molar-refractivity contribution is -0.131. The van der Waals surface area contributed by atoms with Crippen molar-refractivity contribution in [1.29, 1.82) is 0 Å². The van der Waals surface area contributed by atoms with Crippen LogP contribution in [0.3, 0.4) is 0 Å². The largest absolute Gasteiger partial charge is 0.450 e. The van der Waals surface area contributed by atoms with Crippen LogP contribution in [-0.2, 0) is 16.1 Å². The summed E-state index contributed by atoms with van der Waals surface area (Å²) in [7, 11) is 0. The van der Waals surface area contributed by atoms with Crippen molar-refractivity contribution in [3.63, 3.8) is 0 Å². The highest BCUT2D eigenvalue weighted by atomic mass is 19.1. The minimum absolute atomic E-state index is 0.0986. The highest BCUT2D eigenvalue weighted by Crippen LogP contribution is 2.08. The van der Waals surface area contributed by atoms with Crippen LogP contribution in [0.15, 0.2) is 24.3 Å². The van der Waals surface area contributed by atoms with E-state index >= 15 is 0 Å². The van der Waals surface area contributed by atoms with Crippen LogP contribution in [0, 0.1) is 5.82 Å². The Kier molecular flexibility index (Phi) is 7.21. The number of benzene rings is 1. The monoisotopic (exact) mass is 296 g/mol. The van der Waals surface area contributed by atoms with E-state index in [1.807, 2.05) is 6.92 Å². The van der Waals surface area contributed by atoms with Gasteiger partial charge in [0.05, 0.1) is 6.61 Å². The minimum Gasteiger partial charge on any atom is -0.450 e. The third kappa shape index (κ3) is 6.25. The normalized spacial score (nSPS) is 10.0. The Hall–Kier alpha value is -2.11. The van der Waals surface area contributed by atoms with Crippen LogP contribution in [0.2, 0.25) is 0 Å². The predicted octanol–water partition coefficient (Wildman–Crippen LogP) is 2.31. The van der Waals surface area contributed by atoms with Crippen LogP contribution in [0.5, 0.6) is 0 Å². The van der Waals surface area contributed by atoms with Gasteiger partial charge in [-0.1, -0.05) is 12.1 Å². The van der Waals surface area contributed by atoms with Crippen LogP contribution in [0.1, 0.15) is 25.8 Å². The molecule has 116 valence electrons. The van der Waals surface area contributed by atoms with E-state index in [-0.39, 0.29) is 24.7 Å². The van der Waals surface area contributed by atoms with Crippen molar-refractivity contribution in [2.75, 3.05) is 19.7 Å². The number of rotatable bonds is 7. The van der Waals surface area contributed by atoms with Crippen LogP contribution in [0.25, 0.3) is 0 Å². The van der Waals surface area contributed by atoms with Gasteiger partial charge in [-0.05, 0) is 31.5 Å². The molecular formula is C15H21FN2O3. The van der Waals surface area contributed by atoms with Gasteiger partial charge in [0.25, 0.3) is 0 Å². The fourth-order valence-corrected chi connectivity index (χ4v) is 1.84. The zero-order valence-corrected chi connectivity index (χ0v) is 12.4. The molecule has 1 N–H and O–H groups in total. The van der Waals surface area contributed by atoms with Crippen molar-refractivity contribution in [2.24, 2.45) is 0 Å². The van der Waals surface area contributed by atoms with Gasteiger partial charge in [0.15, 0.2) is 0 Å². The summed E-state index contributed by atoms with van der Waals surface area (Å²) in [5.74, 6) is -0.418. The molecular weight excluding hydrogens is 275 g/mol. The highest BCUT2D eigenvalue weighted by Gasteiger charge is 2.12. The quantitative estimate of drug-likeness (QED) is 0.840. The molecule has 1 aromatic rings. The maximum absolute atomic E-state index is 13.1. The first kappa shape index (κ1) is 16.9. The second-order valence-corrected chi connectivity index (χ2v) is 4.44. The van der Waals surface area contributed by atoms with Gasteiger partial charge in [0.1, 0.15) is 5.82 Å². The zero-order valence-electron chi connectivity index (χ0n) is 12.4. The van der Waals surface area contributed by atoms with E-state index in [2.05, 4.69) is 5.32 Å². The van der Waals surface area contributed by atoms with Gasteiger partial charge in [-0.15, -0.1) is 0 Å². The summed E-state index contributed by atoms with van der Waals surface area (Å²) in [6, 6.07) is 6.17. The third-order valence-corrected chi connectivity index (χ3v) is 2.88. The van der Waals surface area contributed by atoms with Crippen LogP contribution in [-0.4, -0.2) is 36.6 Å². The third-order valence-electron chi connectivity index (χ3n) is 2.88. The van der Waals surface area contributed by atoms with Gasteiger partial charge >= 0.3 is 6.09 Å². The number of amides is 2. The van der Waals surface area contributed by atoms with Crippen LogP contribution < -0.4 is 5.32 Å². The Morgan fingerprint density at radius 3 is 2.71 bits per heavy atom. The molecule has 0 heterocycles. The molecule has 0 aliphatic heterocycles. The molecule has 0 bridgehead atoms. The van der Waals surface area contributed by atoms with Crippen molar-refractivity contribution in [2.45, 2.75) is 26.8 Å². The van der Waals surface area contributed by atoms with E-state index in [1.165, 1.54) is 12.1 Å². The molecule has 0 radical (unpaired) electrons. The zero-order chi connectivity index (χ0) is 15.7. The van der Waals surface area contributed by atoms with Crippen molar-refractivity contribution in [3.8, 4) is 0 Å². The van der Waals surface area contributed by atoms with Gasteiger partial charge in [0.2, 0.25) is 5.91 Å². The molecule has 2 amide bonds. The van der Waals surface area contributed by atoms with Crippen molar-refractivity contribution < 1.29 is 18.7 Å². The lowest BCUT2D eigenvalue weighted by Crippen LogP contribution is -2.34.